The van der Waals surface area contributed by atoms with Crippen LogP contribution in [0, 0.1) is 5.92 Å². The summed E-state index contributed by atoms with van der Waals surface area (Å²) in [4.78, 5) is 14.3. The third-order valence-electron chi connectivity index (χ3n) is 4.37. The molecule has 1 aromatic carbocycles. The van der Waals surface area contributed by atoms with Crippen LogP contribution in [0.1, 0.15) is 24.8 Å². The van der Waals surface area contributed by atoms with Gasteiger partial charge < -0.3 is 4.74 Å². The van der Waals surface area contributed by atoms with Crippen molar-refractivity contribution in [1.29, 1.82) is 0 Å². The second-order valence-corrected chi connectivity index (χ2v) is 5.35. The van der Waals surface area contributed by atoms with E-state index in [4.69, 9.17) is 4.74 Å². The van der Waals surface area contributed by atoms with Crippen LogP contribution in [0.25, 0.3) is 0 Å². The maximum Gasteiger partial charge on any atom is 0.323 e. The van der Waals surface area contributed by atoms with Gasteiger partial charge in [-0.05, 0) is 30.7 Å². The Morgan fingerprint density at radius 2 is 2.11 bits per heavy atom. The zero-order chi connectivity index (χ0) is 12.5. The highest BCUT2D eigenvalue weighted by Crippen LogP contribution is 2.43. The van der Waals surface area contributed by atoms with E-state index in [0.29, 0.717) is 12.0 Å². The van der Waals surface area contributed by atoms with Crippen molar-refractivity contribution in [2.75, 3.05) is 7.11 Å². The molecule has 0 radical (unpaired) electrons. The van der Waals surface area contributed by atoms with E-state index in [9.17, 15) is 4.79 Å². The number of benzene rings is 1. The number of methoxy groups -OCH3 is 1. The Morgan fingerprint density at radius 1 is 1.33 bits per heavy atom. The highest BCUT2D eigenvalue weighted by molar-refractivity contribution is 5.76. The van der Waals surface area contributed by atoms with Crippen molar-refractivity contribution in [3.8, 4) is 0 Å². The lowest BCUT2D eigenvalue weighted by Crippen LogP contribution is -2.45. The third kappa shape index (κ3) is 1.93. The van der Waals surface area contributed by atoms with Crippen LogP contribution in [0.15, 0.2) is 30.3 Å². The standard InChI is InChI=1S/C15H19NO2/c1-18-15(17)14-12-7-8-13(9-12)16(14)10-11-5-3-2-4-6-11/h2-6,12-14H,7-10H2,1H3/t12-,13-,14-/m0/s1. The summed E-state index contributed by atoms with van der Waals surface area (Å²) in [5.74, 6) is 0.448. The second kappa shape index (κ2) is 4.73. The summed E-state index contributed by atoms with van der Waals surface area (Å²) in [6.07, 6.45) is 3.56. The highest BCUT2D eigenvalue weighted by atomic mass is 16.5. The van der Waals surface area contributed by atoms with Crippen molar-refractivity contribution in [3.63, 3.8) is 0 Å². The lowest BCUT2D eigenvalue weighted by atomic mass is 9.98. The average Bonchev–Trinajstić information content (AvgIpc) is 3.00. The second-order valence-electron chi connectivity index (χ2n) is 5.35. The fourth-order valence-electron chi connectivity index (χ4n) is 3.55. The number of esters is 1. The molecule has 0 unspecified atom stereocenters. The van der Waals surface area contributed by atoms with Gasteiger partial charge in [-0.3, -0.25) is 9.69 Å². The SMILES string of the molecule is COC(=O)[C@@H]1[C@H]2CC[C@@H](C2)N1Cc1ccccc1. The Kier molecular flexibility index (Phi) is 3.08. The minimum absolute atomic E-state index is 0.0195. The minimum Gasteiger partial charge on any atom is -0.468 e. The molecule has 18 heavy (non-hydrogen) atoms. The van der Waals surface area contributed by atoms with E-state index in [1.54, 1.807) is 0 Å². The van der Waals surface area contributed by atoms with Crippen LogP contribution in [0.5, 0.6) is 0 Å². The molecule has 96 valence electrons. The number of piperidine rings is 1. The van der Waals surface area contributed by atoms with Gasteiger partial charge in [0, 0.05) is 12.6 Å². The molecule has 2 bridgehead atoms. The maximum atomic E-state index is 11.9. The Bertz CT molecular complexity index is 431. The first-order valence-electron chi connectivity index (χ1n) is 6.67. The molecule has 0 aromatic heterocycles. The quantitative estimate of drug-likeness (QED) is 0.765. The van der Waals surface area contributed by atoms with Crippen LogP contribution >= 0.6 is 0 Å². The fourth-order valence-corrected chi connectivity index (χ4v) is 3.55. The molecule has 3 atom stereocenters. The zero-order valence-corrected chi connectivity index (χ0v) is 10.7. The molecule has 2 fully saturated rings. The summed E-state index contributed by atoms with van der Waals surface area (Å²) in [6.45, 7) is 0.863. The molecular weight excluding hydrogens is 226 g/mol. The molecule has 1 saturated heterocycles. The van der Waals surface area contributed by atoms with Gasteiger partial charge in [0.15, 0.2) is 0 Å². The van der Waals surface area contributed by atoms with Gasteiger partial charge in [0.25, 0.3) is 0 Å². The number of ether oxygens (including phenoxy) is 1. The Balaban J connectivity index is 1.79. The number of carbonyl (C=O) groups is 1. The van der Waals surface area contributed by atoms with E-state index in [0.717, 1.165) is 13.0 Å². The van der Waals surface area contributed by atoms with Crippen LogP contribution in [0.4, 0.5) is 0 Å². The predicted octanol–water partition coefficient (Wildman–Crippen LogP) is 2.21. The number of rotatable bonds is 3. The summed E-state index contributed by atoms with van der Waals surface area (Å²) < 4.78 is 4.97. The van der Waals surface area contributed by atoms with E-state index >= 15 is 0 Å². The summed E-state index contributed by atoms with van der Waals surface area (Å²) >= 11 is 0. The van der Waals surface area contributed by atoms with Gasteiger partial charge in [-0.1, -0.05) is 30.3 Å². The van der Waals surface area contributed by atoms with Gasteiger partial charge in [-0.15, -0.1) is 0 Å². The third-order valence-corrected chi connectivity index (χ3v) is 4.37. The topological polar surface area (TPSA) is 29.5 Å². The van der Waals surface area contributed by atoms with Crippen molar-refractivity contribution in [2.45, 2.75) is 37.9 Å². The lowest BCUT2D eigenvalue weighted by molar-refractivity contribution is -0.149. The van der Waals surface area contributed by atoms with Gasteiger partial charge in [0.05, 0.1) is 7.11 Å². The largest absolute Gasteiger partial charge is 0.468 e. The van der Waals surface area contributed by atoms with Gasteiger partial charge in [0.1, 0.15) is 6.04 Å². The van der Waals surface area contributed by atoms with Crippen LogP contribution in [0.3, 0.4) is 0 Å². The summed E-state index contributed by atoms with van der Waals surface area (Å²) in [5.41, 5.74) is 1.28. The number of hydrogen-bond donors (Lipinski definition) is 0. The van der Waals surface area contributed by atoms with Gasteiger partial charge in [0.2, 0.25) is 0 Å². The molecule has 3 nitrogen and oxygen atoms in total. The predicted molar refractivity (Wildman–Crippen MR) is 68.9 cm³/mol. The molecular formula is C15H19NO2. The molecule has 1 aliphatic heterocycles. The Morgan fingerprint density at radius 3 is 2.83 bits per heavy atom. The molecule has 3 heteroatoms. The van der Waals surface area contributed by atoms with Crippen molar-refractivity contribution in [2.24, 2.45) is 5.92 Å². The number of carbonyl (C=O) groups excluding carboxylic acids is 1. The van der Waals surface area contributed by atoms with E-state index in [-0.39, 0.29) is 12.0 Å². The number of likely N-dealkylation sites (tertiary alicyclic amines) is 1. The smallest absolute Gasteiger partial charge is 0.323 e. The molecule has 1 saturated carbocycles. The zero-order valence-electron chi connectivity index (χ0n) is 10.7. The molecule has 0 spiro atoms. The first-order chi connectivity index (χ1) is 8.79. The minimum atomic E-state index is -0.0573. The Hall–Kier alpha value is -1.35. The van der Waals surface area contributed by atoms with E-state index < -0.39 is 0 Å². The Labute approximate surface area is 108 Å². The molecule has 3 rings (SSSR count). The first-order valence-corrected chi connectivity index (χ1v) is 6.67. The van der Waals surface area contributed by atoms with Crippen LogP contribution in [-0.2, 0) is 16.1 Å². The number of fused-ring (bicyclic) bond motifs is 2. The first kappa shape index (κ1) is 11.7. The molecule has 1 heterocycles. The van der Waals surface area contributed by atoms with E-state index in [1.807, 2.05) is 6.07 Å². The van der Waals surface area contributed by atoms with Crippen molar-refractivity contribution >= 4 is 5.97 Å². The molecule has 1 aliphatic carbocycles. The van der Waals surface area contributed by atoms with Crippen LogP contribution in [-0.4, -0.2) is 30.1 Å². The molecule has 0 N–H and O–H groups in total. The fraction of sp³-hybridized carbons (Fsp3) is 0.533. The lowest BCUT2D eigenvalue weighted by Gasteiger charge is -2.33. The summed E-state index contributed by atoms with van der Waals surface area (Å²) in [6, 6.07) is 10.9. The van der Waals surface area contributed by atoms with Crippen LogP contribution in [0.2, 0.25) is 0 Å². The number of hydrogen-bond acceptors (Lipinski definition) is 3. The molecule has 2 aliphatic rings. The van der Waals surface area contributed by atoms with Gasteiger partial charge in [-0.2, -0.15) is 0 Å². The molecule has 1 aromatic rings. The van der Waals surface area contributed by atoms with E-state index in [2.05, 4.69) is 29.2 Å². The normalized spacial score (nSPS) is 30.6. The van der Waals surface area contributed by atoms with E-state index in [1.165, 1.54) is 25.5 Å². The monoisotopic (exact) mass is 245 g/mol. The van der Waals surface area contributed by atoms with Crippen molar-refractivity contribution in [1.82, 2.24) is 4.90 Å². The summed E-state index contributed by atoms with van der Waals surface area (Å²) in [5, 5.41) is 0. The van der Waals surface area contributed by atoms with Crippen molar-refractivity contribution in [3.05, 3.63) is 35.9 Å². The number of nitrogens with zero attached hydrogens (tertiary/aromatic N) is 1. The van der Waals surface area contributed by atoms with Gasteiger partial charge >= 0.3 is 5.97 Å². The van der Waals surface area contributed by atoms with Crippen molar-refractivity contribution < 1.29 is 9.53 Å². The average molecular weight is 245 g/mol. The molecule has 0 amide bonds. The summed E-state index contributed by atoms with van der Waals surface area (Å²) in [7, 11) is 1.50. The van der Waals surface area contributed by atoms with Gasteiger partial charge in [-0.25, -0.2) is 0 Å². The maximum absolute atomic E-state index is 11.9. The van der Waals surface area contributed by atoms with Crippen LogP contribution < -0.4 is 0 Å². The highest BCUT2D eigenvalue weighted by Gasteiger charge is 2.49.